The van der Waals surface area contributed by atoms with Crippen LogP contribution in [0, 0.1) is 0 Å². The number of hydrogen-bond donors (Lipinski definition) is 1. The zero-order valence-corrected chi connectivity index (χ0v) is 21.4. The molecule has 192 valence electrons. The molecule has 1 aliphatic rings. The Morgan fingerprint density at radius 2 is 1.77 bits per heavy atom. The number of amides is 2. The Bertz CT molecular complexity index is 964. The highest BCUT2D eigenvalue weighted by molar-refractivity contribution is 5.93. The number of nitrogens with two attached hydrogens (primary N) is 1. The Morgan fingerprint density at radius 3 is 2.46 bits per heavy atom. The summed E-state index contributed by atoms with van der Waals surface area (Å²) in [5.74, 6) is 2.05. The van der Waals surface area contributed by atoms with Crippen molar-refractivity contribution in [2.24, 2.45) is 5.73 Å². The fourth-order valence-electron chi connectivity index (χ4n) is 4.31. The number of ether oxygens (including phenoxy) is 4. The van der Waals surface area contributed by atoms with E-state index in [1.54, 1.807) is 26.2 Å². The van der Waals surface area contributed by atoms with Crippen molar-refractivity contribution in [2.75, 3.05) is 52.5 Å². The lowest BCUT2D eigenvalue weighted by molar-refractivity contribution is 0.110. The van der Waals surface area contributed by atoms with Gasteiger partial charge >= 0.3 is 6.03 Å². The average Bonchev–Trinajstić information content (AvgIpc) is 2.89. The maximum absolute atomic E-state index is 13.5. The molecule has 0 aromatic heterocycles. The van der Waals surface area contributed by atoms with Crippen LogP contribution in [-0.4, -0.2) is 58.5 Å². The first kappa shape index (κ1) is 26.6. The molecule has 0 radical (unpaired) electrons. The molecule has 1 aliphatic heterocycles. The fraction of sp³-hybridized carbons (Fsp3) is 0.519. The number of carbonyl (C=O) groups is 1. The molecule has 3 rings (SSSR count). The van der Waals surface area contributed by atoms with Gasteiger partial charge < -0.3 is 29.6 Å². The number of benzene rings is 2. The first-order chi connectivity index (χ1) is 17.1. The normalized spacial score (nSPS) is 14.7. The summed E-state index contributed by atoms with van der Waals surface area (Å²) in [7, 11) is 4.90. The van der Waals surface area contributed by atoms with E-state index in [9.17, 15) is 4.79 Å². The third-order valence-corrected chi connectivity index (χ3v) is 6.32. The fourth-order valence-corrected chi connectivity index (χ4v) is 4.31. The summed E-state index contributed by atoms with van der Waals surface area (Å²) in [5.41, 5.74) is 8.50. The minimum atomic E-state index is -0.196. The molecule has 0 aliphatic carbocycles. The van der Waals surface area contributed by atoms with E-state index < -0.39 is 0 Å². The largest absolute Gasteiger partial charge is 0.496 e. The van der Waals surface area contributed by atoms with Crippen molar-refractivity contribution in [2.45, 2.75) is 45.3 Å². The van der Waals surface area contributed by atoms with Gasteiger partial charge in [0, 0.05) is 44.1 Å². The molecule has 2 amide bonds. The molecular weight excluding hydrogens is 446 g/mol. The van der Waals surface area contributed by atoms with Crippen LogP contribution in [0.15, 0.2) is 36.4 Å². The molecule has 1 saturated heterocycles. The first-order valence-electron chi connectivity index (χ1n) is 12.3. The lowest BCUT2D eigenvalue weighted by Crippen LogP contribution is -2.49. The molecule has 1 heterocycles. The van der Waals surface area contributed by atoms with Crippen molar-refractivity contribution >= 4 is 11.7 Å². The van der Waals surface area contributed by atoms with Crippen LogP contribution in [0.4, 0.5) is 10.5 Å². The molecule has 2 aromatic carbocycles. The molecule has 0 spiro atoms. The molecule has 8 nitrogen and oxygen atoms in total. The van der Waals surface area contributed by atoms with Crippen molar-refractivity contribution in [3.05, 3.63) is 47.5 Å². The van der Waals surface area contributed by atoms with Crippen molar-refractivity contribution in [1.29, 1.82) is 0 Å². The standard InChI is InChI=1S/C27H39N3O5/c1-5-6-7-15-35-25-17-22(11-12-23(25)32-2)30-14-8-13-29(27(30)31)19-21-10-9-20(16-24(21)33-3)26(18-28)34-4/h9-12,16-17,26H,5-8,13-15,18-19,28H2,1-4H3. The molecule has 0 bridgehead atoms. The van der Waals surface area contributed by atoms with Gasteiger partial charge in [-0.15, -0.1) is 0 Å². The van der Waals surface area contributed by atoms with Gasteiger partial charge in [-0.3, -0.25) is 4.90 Å². The number of anilines is 1. The number of unbranched alkanes of at least 4 members (excludes halogenated alkanes) is 2. The minimum absolute atomic E-state index is 0.0406. The Morgan fingerprint density at radius 1 is 0.971 bits per heavy atom. The number of methoxy groups -OCH3 is 3. The Labute approximate surface area is 208 Å². The Balaban J connectivity index is 1.76. The van der Waals surface area contributed by atoms with E-state index in [-0.39, 0.29) is 12.1 Å². The summed E-state index contributed by atoms with van der Waals surface area (Å²) in [6.45, 7) is 4.95. The smallest absolute Gasteiger partial charge is 0.324 e. The first-order valence-corrected chi connectivity index (χ1v) is 12.3. The Hall–Kier alpha value is -2.97. The van der Waals surface area contributed by atoms with Crippen LogP contribution in [0.3, 0.4) is 0 Å². The predicted molar refractivity (Wildman–Crippen MR) is 138 cm³/mol. The van der Waals surface area contributed by atoms with E-state index in [4.69, 9.17) is 24.7 Å². The lowest BCUT2D eigenvalue weighted by atomic mass is 10.0. The van der Waals surface area contributed by atoms with E-state index in [0.717, 1.165) is 48.2 Å². The molecule has 35 heavy (non-hydrogen) atoms. The van der Waals surface area contributed by atoms with E-state index in [1.165, 1.54) is 0 Å². The molecule has 1 atom stereocenters. The van der Waals surface area contributed by atoms with Gasteiger partial charge in [0.1, 0.15) is 5.75 Å². The quantitative estimate of drug-likeness (QED) is 0.412. The van der Waals surface area contributed by atoms with Crippen molar-refractivity contribution < 1.29 is 23.7 Å². The third kappa shape index (κ3) is 6.58. The molecule has 1 unspecified atom stereocenters. The van der Waals surface area contributed by atoms with E-state index in [0.29, 0.717) is 44.3 Å². The van der Waals surface area contributed by atoms with Gasteiger partial charge in [-0.2, -0.15) is 0 Å². The highest BCUT2D eigenvalue weighted by Crippen LogP contribution is 2.34. The summed E-state index contributed by atoms with van der Waals surface area (Å²) in [4.78, 5) is 17.1. The SMILES string of the molecule is CCCCCOc1cc(N2CCCN(Cc3ccc(C(CN)OC)cc3OC)C2=O)ccc1OC. The molecule has 2 N–H and O–H groups in total. The lowest BCUT2D eigenvalue weighted by Gasteiger charge is -2.36. The topological polar surface area (TPSA) is 86.5 Å². The molecular formula is C27H39N3O5. The summed E-state index contributed by atoms with van der Waals surface area (Å²) in [6.07, 6.45) is 3.90. The highest BCUT2D eigenvalue weighted by Gasteiger charge is 2.28. The van der Waals surface area contributed by atoms with Gasteiger partial charge in [-0.1, -0.05) is 31.9 Å². The van der Waals surface area contributed by atoms with Crippen LogP contribution in [-0.2, 0) is 11.3 Å². The molecule has 2 aromatic rings. The van der Waals surface area contributed by atoms with Crippen molar-refractivity contribution in [3.63, 3.8) is 0 Å². The van der Waals surface area contributed by atoms with Gasteiger partial charge in [-0.05, 0) is 36.6 Å². The third-order valence-electron chi connectivity index (χ3n) is 6.32. The number of hydrogen-bond acceptors (Lipinski definition) is 6. The van der Waals surface area contributed by atoms with Crippen molar-refractivity contribution in [1.82, 2.24) is 4.90 Å². The molecule has 8 heteroatoms. The maximum atomic E-state index is 13.5. The minimum Gasteiger partial charge on any atom is -0.496 e. The van der Waals surface area contributed by atoms with Crippen LogP contribution in [0.1, 0.15) is 49.8 Å². The summed E-state index contributed by atoms with van der Waals surface area (Å²) in [6, 6.07) is 11.5. The van der Waals surface area contributed by atoms with Crippen molar-refractivity contribution in [3.8, 4) is 17.2 Å². The zero-order valence-electron chi connectivity index (χ0n) is 21.4. The number of urea groups is 1. The molecule has 0 saturated carbocycles. The monoisotopic (exact) mass is 485 g/mol. The van der Waals surface area contributed by atoms with Crippen LogP contribution >= 0.6 is 0 Å². The number of rotatable bonds is 13. The van der Waals surface area contributed by atoms with Crippen LogP contribution in [0.25, 0.3) is 0 Å². The maximum Gasteiger partial charge on any atom is 0.324 e. The zero-order chi connectivity index (χ0) is 25.2. The van der Waals surface area contributed by atoms with E-state index in [1.807, 2.05) is 41.3 Å². The van der Waals surface area contributed by atoms with Crippen LogP contribution < -0.4 is 24.8 Å². The highest BCUT2D eigenvalue weighted by atomic mass is 16.5. The average molecular weight is 486 g/mol. The summed E-state index contributed by atoms with van der Waals surface area (Å²) in [5, 5.41) is 0. The second-order valence-electron chi connectivity index (χ2n) is 8.63. The van der Waals surface area contributed by atoms with Crippen LogP contribution in [0.2, 0.25) is 0 Å². The van der Waals surface area contributed by atoms with Gasteiger partial charge in [0.25, 0.3) is 0 Å². The second-order valence-corrected chi connectivity index (χ2v) is 8.63. The van der Waals surface area contributed by atoms with Crippen LogP contribution in [0.5, 0.6) is 17.2 Å². The Kier molecular flexibility index (Phi) is 10.0. The second kappa shape index (κ2) is 13.2. The number of nitrogens with zero attached hydrogens (tertiary/aromatic N) is 2. The van der Waals surface area contributed by atoms with E-state index >= 15 is 0 Å². The van der Waals surface area contributed by atoms with Gasteiger partial charge in [0.15, 0.2) is 11.5 Å². The summed E-state index contributed by atoms with van der Waals surface area (Å²) < 4.78 is 22.5. The van der Waals surface area contributed by atoms with Gasteiger partial charge in [0.2, 0.25) is 0 Å². The summed E-state index contributed by atoms with van der Waals surface area (Å²) >= 11 is 0. The molecule has 1 fully saturated rings. The van der Waals surface area contributed by atoms with Gasteiger partial charge in [0.05, 0.1) is 33.5 Å². The predicted octanol–water partition coefficient (Wildman–Crippen LogP) is 4.75. The van der Waals surface area contributed by atoms with E-state index in [2.05, 4.69) is 6.92 Å². The number of carbonyl (C=O) groups excluding carboxylic acids is 1. The van der Waals surface area contributed by atoms with Gasteiger partial charge in [-0.25, -0.2) is 4.79 Å².